The van der Waals surface area contributed by atoms with Gasteiger partial charge in [0.25, 0.3) is 0 Å². The van der Waals surface area contributed by atoms with E-state index in [1.165, 1.54) is 17.1 Å². The number of carbonyl (C=O) groups is 1. The summed E-state index contributed by atoms with van der Waals surface area (Å²) < 4.78 is 25.3. The molecule has 7 nitrogen and oxygen atoms in total. The zero-order chi connectivity index (χ0) is 18.6. The second kappa shape index (κ2) is 8.35. The molecular weight excluding hydrogens is 352 g/mol. The number of rotatable bonds is 6. The zero-order valence-corrected chi connectivity index (χ0v) is 16.2. The van der Waals surface area contributed by atoms with Crippen molar-refractivity contribution in [2.24, 2.45) is 5.92 Å². The number of hydrogen-bond acceptors (Lipinski definition) is 5. The largest absolute Gasteiger partial charge is 0.357 e. The molecule has 3 rings (SSSR count). The Balaban J connectivity index is 1.50. The average molecular weight is 381 g/mol. The van der Waals surface area contributed by atoms with Gasteiger partial charge in [-0.2, -0.15) is 0 Å². The molecule has 2 saturated heterocycles. The molecule has 1 aromatic rings. The molecule has 1 N–H and O–H groups in total. The first-order chi connectivity index (χ1) is 12.5. The number of sulfonamides is 1. The van der Waals surface area contributed by atoms with Gasteiger partial charge in [0.1, 0.15) is 5.82 Å². The first-order valence-electron chi connectivity index (χ1n) is 9.45. The Bertz CT molecular complexity index is 724. The number of carbonyl (C=O) groups excluding carboxylic acids is 1. The van der Waals surface area contributed by atoms with Gasteiger partial charge in [0.05, 0.1) is 5.75 Å². The first-order valence-corrected chi connectivity index (χ1v) is 11.1. The van der Waals surface area contributed by atoms with Crippen molar-refractivity contribution in [2.75, 3.05) is 36.8 Å². The van der Waals surface area contributed by atoms with Crippen LogP contribution in [0.25, 0.3) is 0 Å². The summed E-state index contributed by atoms with van der Waals surface area (Å²) in [6.07, 6.45) is 5.37. The molecule has 1 aromatic heterocycles. The van der Waals surface area contributed by atoms with Gasteiger partial charge >= 0.3 is 0 Å². The van der Waals surface area contributed by atoms with E-state index in [-0.39, 0.29) is 17.6 Å². The maximum Gasteiger partial charge on any atom is 0.223 e. The molecule has 144 valence electrons. The fourth-order valence-electron chi connectivity index (χ4n) is 3.60. The predicted molar refractivity (Wildman–Crippen MR) is 101 cm³/mol. The van der Waals surface area contributed by atoms with Crippen molar-refractivity contribution in [3.8, 4) is 0 Å². The molecule has 3 heterocycles. The summed E-state index contributed by atoms with van der Waals surface area (Å²) in [4.78, 5) is 19.1. The first kappa shape index (κ1) is 19.1. The zero-order valence-electron chi connectivity index (χ0n) is 15.4. The average Bonchev–Trinajstić information content (AvgIpc) is 3.21. The van der Waals surface area contributed by atoms with Crippen LogP contribution in [-0.4, -0.2) is 55.5 Å². The lowest BCUT2D eigenvalue weighted by atomic mass is 9.97. The van der Waals surface area contributed by atoms with Crippen molar-refractivity contribution in [3.63, 3.8) is 0 Å². The molecule has 8 heteroatoms. The summed E-state index contributed by atoms with van der Waals surface area (Å²) in [5.41, 5.74) is 1.04. The lowest BCUT2D eigenvalue weighted by Gasteiger charge is -2.30. The summed E-state index contributed by atoms with van der Waals surface area (Å²) >= 11 is 0. The van der Waals surface area contributed by atoms with Crippen LogP contribution in [-0.2, 0) is 21.4 Å². The fourth-order valence-corrected chi connectivity index (χ4v) is 4.73. The van der Waals surface area contributed by atoms with Gasteiger partial charge in [0.2, 0.25) is 15.9 Å². The van der Waals surface area contributed by atoms with E-state index in [1.807, 2.05) is 12.1 Å². The van der Waals surface area contributed by atoms with Crippen LogP contribution in [0.15, 0.2) is 18.3 Å². The maximum absolute atomic E-state index is 12.4. The second-order valence-electron chi connectivity index (χ2n) is 7.01. The highest BCUT2D eigenvalue weighted by Crippen LogP contribution is 2.21. The van der Waals surface area contributed by atoms with E-state index >= 15 is 0 Å². The number of aromatic nitrogens is 1. The van der Waals surface area contributed by atoms with Gasteiger partial charge in [-0.05, 0) is 50.3 Å². The minimum Gasteiger partial charge on any atom is -0.357 e. The van der Waals surface area contributed by atoms with E-state index in [2.05, 4.69) is 15.2 Å². The molecule has 0 radical (unpaired) electrons. The predicted octanol–water partition coefficient (Wildman–Crippen LogP) is 1.36. The van der Waals surface area contributed by atoms with Crippen LogP contribution in [0.1, 0.15) is 38.2 Å². The standard InChI is InChI=1S/C18H28N4O3S/c1-2-26(24,25)22-11-6-16(7-12-22)18(23)20-14-15-5-8-19-17(13-15)21-9-3-4-10-21/h5,8,13,16H,2-4,6-7,9-12,14H2,1H3,(H,20,23). The molecule has 0 aliphatic carbocycles. The molecule has 0 unspecified atom stereocenters. The van der Waals surface area contributed by atoms with Crippen molar-refractivity contribution in [1.82, 2.24) is 14.6 Å². The van der Waals surface area contributed by atoms with E-state index in [4.69, 9.17) is 0 Å². The molecule has 0 bridgehead atoms. The molecule has 2 aliphatic heterocycles. The van der Waals surface area contributed by atoms with Gasteiger partial charge in [-0.15, -0.1) is 0 Å². The number of nitrogens with zero attached hydrogens (tertiary/aromatic N) is 3. The summed E-state index contributed by atoms with van der Waals surface area (Å²) in [5, 5.41) is 3.00. The van der Waals surface area contributed by atoms with Crippen molar-refractivity contribution < 1.29 is 13.2 Å². The number of pyridine rings is 1. The van der Waals surface area contributed by atoms with E-state index in [0.29, 0.717) is 32.5 Å². The van der Waals surface area contributed by atoms with Gasteiger partial charge in [-0.3, -0.25) is 4.79 Å². The van der Waals surface area contributed by atoms with Crippen molar-refractivity contribution in [3.05, 3.63) is 23.9 Å². The smallest absolute Gasteiger partial charge is 0.223 e. The van der Waals surface area contributed by atoms with Gasteiger partial charge in [-0.25, -0.2) is 17.7 Å². The minimum atomic E-state index is -3.15. The number of nitrogens with one attached hydrogen (secondary N) is 1. The number of hydrogen-bond donors (Lipinski definition) is 1. The summed E-state index contributed by atoms with van der Waals surface area (Å²) in [6.45, 7) is 5.09. The molecule has 0 aromatic carbocycles. The van der Waals surface area contributed by atoms with Crippen LogP contribution in [0.3, 0.4) is 0 Å². The Kier molecular flexibility index (Phi) is 6.13. The molecule has 1 amide bonds. The minimum absolute atomic E-state index is 0.0121. The summed E-state index contributed by atoms with van der Waals surface area (Å²) in [6, 6.07) is 3.97. The van der Waals surface area contributed by atoms with Crippen molar-refractivity contribution in [2.45, 2.75) is 39.2 Å². The quantitative estimate of drug-likeness (QED) is 0.806. The third-order valence-corrected chi connectivity index (χ3v) is 7.17. The van der Waals surface area contributed by atoms with E-state index in [0.717, 1.165) is 24.5 Å². The van der Waals surface area contributed by atoms with Gasteiger partial charge in [0.15, 0.2) is 0 Å². The SMILES string of the molecule is CCS(=O)(=O)N1CCC(C(=O)NCc2ccnc(N3CCCC3)c2)CC1. The fraction of sp³-hybridized carbons (Fsp3) is 0.667. The third-order valence-electron chi connectivity index (χ3n) is 5.29. The van der Waals surface area contributed by atoms with Crippen molar-refractivity contribution in [1.29, 1.82) is 0 Å². The van der Waals surface area contributed by atoms with Crippen LogP contribution in [0, 0.1) is 5.92 Å². The van der Waals surface area contributed by atoms with Crippen LogP contribution in [0.5, 0.6) is 0 Å². The Hall–Kier alpha value is -1.67. The molecule has 2 aliphatic rings. The molecular formula is C18H28N4O3S. The van der Waals surface area contributed by atoms with E-state index < -0.39 is 10.0 Å². The molecule has 0 atom stereocenters. The summed E-state index contributed by atoms with van der Waals surface area (Å²) in [5.74, 6) is 0.995. The molecule has 0 spiro atoms. The number of amides is 1. The van der Waals surface area contributed by atoms with Crippen molar-refractivity contribution >= 4 is 21.7 Å². The topological polar surface area (TPSA) is 82.6 Å². The maximum atomic E-state index is 12.4. The number of piperidine rings is 1. The lowest BCUT2D eigenvalue weighted by Crippen LogP contribution is -2.43. The highest BCUT2D eigenvalue weighted by atomic mass is 32.2. The second-order valence-corrected chi connectivity index (χ2v) is 9.27. The van der Waals surface area contributed by atoms with E-state index in [1.54, 1.807) is 13.1 Å². The van der Waals surface area contributed by atoms with Crippen LogP contribution in [0.2, 0.25) is 0 Å². The molecule has 26 heavy (non-hydrogen) atoms. The van der Waals surface area contributed by atoms with Gasteiger partial charge in [0, 0.05) is 44.8 Å². The highest BCUT2D eigenvalue weighted by Gasteiger charge is 2.30. The van der Waals surface area contributed by atoms with Gasteiger partial charge in [-0.1, -0.05) is 0 Å². The number of anilines is 1. The van der Waals surface area contributed by atoms with E-state index in [9.17, 15) is 13.2 Å². The van der Waals surface area contributed by atoms with Crippen LogP contribution >= 0.6 is 0 Å². The Morgan fingerprint density at radius 1 is 1.23 bits per heavy atom. The Morgan fingerprint density at radius 3 is 2.58 bits per heavy atom. The Morgan fingerprint density at radius 2 is 1.92 bits per heavy atom. The summed E-state index contributed by atoms with van der Waals surface area (Å²) in [7, 11) is -3.15. The van der Waals surface area contributed by atoms with Gasteiger partial charge < -0.3 is 10.2 Å². The normalized spacial score (nSPS) is 19.7. The lowest BCUT2D eigenvalue weighted by molar-refractivity contribution is -0.126. The third kappa shape index (κ3) is 4.54. The Labute approximate surface area is 155 Å². The van der Waals surface area contributed by atoms with Crippen LogP contribution < -0.4 is 10.2 Å². The molecule has 0 saturated carbocycles. The monoisotopic (exact) mass is 380 g/mol. The van der Waals surface area contributed by atoms with Crippen LogP contribution in [0.4, 0.5) is 5.82 Å². The molecule has 2 fully saturated rings. The highest BCUT2D eigenvalue weighted by molar-refractivity contribution is 7.89.